The molecule has 0 fully saturated rings. The van der Waals surface area contributed by atoms with Gasteiger partial charge in [-0.15, -0.1) is 0 Å². The Hall–Kier alpha value is -2.19. The van der Waals surface area contributed by atoms with E-state index in [1.54, 1.807) is 0 Å². The Morgan fingerprint density at radius 3 is 2.00 bits per heavy atom. The molecule has 0 radical (unpaired) electrons. The van der Waals surface area contributed by atoms with Gasteiger partial charge >= 0.3 is 24.0 Å². The number of alkyl halides is 5. The van der Waals surface area contributed by atoms with Crippen LogP contribution in [0.4, 0.5) is 27.6 Å². The van der Waals surface area contributed by atoms with Gasteiger partial charge in [0, 0.05) is 12.2 Å². The maximum absolute atomic E-state index is 13.1. The third kappa shape index (κ3) is 3.89. The summed E-state index contributed by atoms with van der Waals surface area (Å²) in [6.07, 6.45) is -6.82. The molecule has 1 amide bonds. The van der Waals surface area contributed by atoms with Crippen LogP contribution in [0.3, 0.4) is 0 Å². The van der Waals surface area contributed by atoms with Crippen molar-refractivity contribution in [1.29, 1.82) is 0 Å². The molecule has 21 heavy (non-hydrogen) atoms. The normalized spacial score (nSPS) is 12.0. The lowest BCUT2D eigenvalue weighted by Crippen LogP contribution is -2.52. The van der Waals surface area contributed by atoms with E-state index in [9.17, 15) is 31.5 Å². The van der Waals surface area contributed by atoms with Crippen LogP contribution in [0.1, 0.15) is 6.42 Å². The summed E-state index contributed by atoms with van der Waals surface area (Å²) < 4.78 is 63.0. The monoisotopic (exact) mass is 311 g/mol. The molecule has 0 aliphatic rings. The number of carbonyl (C=O) groups is 2. The van der Waals surface area contributed by atoms with Crippen molar-refractivity contribution < 1.29 is 36.6 Å². The smallest absolute Gasteiger partial charge is 0.463 e. The van der Waals surface area contributed by atoms with Gasteiger partial charge in [-0.25, -0.2) is 0 Å². The van der Waals surface area contributed by atoms with E-state index in [1.807, 2.05) is 0 Å². The number of aliphatic carboxylic acids is 1. The fraction of sp³-hybridized carbons (Fsp3) is 0.333. The third-order valence-corrected chi connectivity index (χ3v) is 2.49. The zero-order valence-corrected chi connectivity index (χ0v) is 10.4. The highest BCUT2D eigenvalue weighted by molar-refractivity contribution is 5.99. The average molecular weight is 311 g/mol. The molecule has 0 aliphatic carbocycles. The summed E-state index contributed by atoms with van der Waals surface area (Å²) in [5.41, 5.74) is -0.243. The molecule has 4 nitrogen and oxygen atoms in total. The fourth-order valence-electron chi connectivity index (χ4n) is 1.45. The van der Waals surface area contributed by atoms with E-state index in [1.165, 1.54) is 18.2 Å². The number of halogens is 5. The molecular weight excluding hydrogens is 301 g/mol. The molecule has 0 aromatic heterocycles. The number of hydrogen-bond donors (Lipinski definition) is 1. The Bertz CT molecular complexity index is 515. The van der Waals surface area contributed by atoms with Crippen LogP contribution in [0.2, 0.25) is 0 Å². The number of nitrogens with zero attached hydrogens (tertiary/aromatic N) is 1. The van der Waals surface area contributed by atoms with Gasteiger partial charge < -0.3 is 10.0 Å². The molecule has 0 bridgehead atoms. The molecular formula is C12H10F5NO3. The Labute approximate surface area is 115 Å². The minimum atomic E-state index is -6.06. The largest absolute Gasteiger partial charge is 0.481 e. The number of hydrogen-bond acceptors (Lipinski definition) is 2. The summed E-state index contributed by atoms with van der Waals surface area (Å²) in [4.78, 5) is 22.1. The second-order valence-corrected chi connectivity index (χ2v) is 4.01. The zero-order valence-electron chi connectivity index (χ0n) is 10.4. The molecule has 1 N–H and O–H groups in total. The van der Waals surface area contributed by atoms with E-state index >= 15 is 0 Å². The van der Waals surface area contributed by atoms with Crippen molar-refractivity contribution in [2.45, 2.75) is 18.5 Å². The van der Waals surface area contributed by atoms with Gasteiger partial charge in [-0.1, -0.05) is 18.2 Å². The van der Waals surface area contributed by atoms with Gasteiger partial charge in [-0.2, -0.15) is 22.0 Å². The first kappa shape index (κ1) is 16.9. The molecule has 9 heteroatoms. The van der Waals surface area contributed by atoms with Gasteiger partial charge in [0.05, 0.1) is 6.42 Å². The molecule has 0 atom stereocenters. The van der Waals surface area contributed by atoms with Gasteiger partial charge in [0.2, 0.25) is 0 Å². The van der Waals surface area contributed by atoms with E-state index < -0.39 is 36.9 Å². The lowest BCUT2D eigenvalue weighted by Gasteiger charge is -2.27. The van der Waals surface area contributed by atoms with Crippen LogP contribution in [-0.2, 0) is 9.59 Å². The number of carboxylic acids is 1. The number of benzene rings is 1. The van der Waals surface area contributed by atoms with Crippen molar-refractivity contribution in [2.24, 2.45) is 0 Å². The first-order valence-electron chi connectivity index (χ1n) is 5.60. The van der Waals surface area contributed by atoms with Crippen molar-refractivity contribution in [1.82, 2.24) is 0 Å². The van der Waals surface area contributed by atoms with E-state index in [0.29, 0.717) is 0 Å². The molecule has 1 rings (SSSR count). The standard InChI is InChI=1S/C12H10F5NO3/c13-11(14,12(15,16)17)10(21)18(7-6-9(19)20)8-4-2-1-3-5-8/h1-5H,6-7H2,(H,19,20). The van der Waals surface area contributed by atoms with Crippen LogP contribution in [0.15, 0.2) is 30.3 Å². The predicted molar refractivity (Wildman–Crippen MR) is 62.0 cm³/mol. The molecule has 0 spiro atoms. The summed E-state index contributed by atoms with van der Waals surface area (Å²) >= 11 is 0. The van der Waals surface area contributed by atoms with Crippen LogP contribution in [0, 0.1) is 0 Å². The van der Waals surface area contributed by atoms with Crippen molar-refractivity contribution in [2.75, 3.05) is 11.4 Å². The number of rotatable bonds is 5. The molecule has 1 aromatic carbocycles. The van der Waals surface area contributed by atoms with Crippen LogP contribution < -0.4 is 4.90 Å². The number of carbonyl (C=O) groups excluding carboxylic acids is 1. The Balaban J connectivity index is 3.13. The highest BCUT2D eigenvalue weighted by Gasteiger charge is 2.64. The first-order valence-corrected chi connectivity index (χ1v) is 5.60. The van der Waals surface area contributed by atoms with Gasteiger partial charge in [0.25, 0.3) is 0 Å². The number of carboxylic acid groups (broad SMARTS) is 1. The molecule has 0 aliphatic heterocycles. The van der Waals surface area contributed by atoms with E-state index in [0.717, 1.165) is 12.1 Å². The van der Waals surface area contributed by atoms with Gasteiger partial charge in [-0.3, -0.25) is 9.59 Å². The summed E-state index contributed by atoms with van der Waals surface area (Å²) in [6.45, 7) is -0.802. The van der Waals surface area contributed by atoms with Gasteiger partial charge in [-0.05, 0) is 12.1 Å². The van der Waals surface area contributed by atoms with E-state index in [2.05, 4.69) is 0 Å². The second-order valence-electron chi connectivity index (χ2n) is 4.01. The van der Waals surface area contributed by atoms with Crippen LogP contribution in [-0.4, -0.2) is 35.6 Å². The molecule has 116 valence electrons. The van der Waals surface area contributed by atoms with Gasteiger partial charge in [0.1, 0.15) is 0 Å². The maximum Gasteiger partial charge on any atom is 0.463 e. The number of anilines is 1. The van der Waals surface area contributed by atoms with E-state index in [-0.39, 0.29) is 10.6 Å². The third-order valence-electron chi connectivity index (χ3n) is 2.49. The topological polar surface area (TPSA) is 57.6 Å². The van der Waals surface area contributed by atoms with E-state index in [4.69, 9.17) is 5.11 Å². The quantitative estimate of drug-likeness (QED) is 0.851. The predicted octanol–water partition coefficient (Wildman–Crippen LogP) is 2.69. The number of para-hydroxylation sites is 1. The molecule has 0 unspecified atom stereocenters. The van der Waals surface area contributed by atoms with Crippen LogP contribution >= 0.6 is 0 Å². The Kier molecular flexibility index (Phi) is 4.87. The Morgan fingerprint density at radius 2 is 1.57 bits per heavy atom. The molecule has 0 heterocycles. The molecule has 0 saturated heterocycles. The highest BCUT2D eigenvalue weighted by Crippen LogP contribution is 2.37. The minimum absolute atomic E-state index is 0.113. The lowest BCUT2D eigenvalue weighted by atomic mass is 10.2. The van der Waals surface area contributed by atoms with Crippen LogP contribution in [0.5, 0.6) is 0 Å². The summed E-state index contributed by atoms with van der Waals surface area (Å²) in [6, 6.07) is 6.37. The van der Waals surface area contributed by atoms with Crippen molar-refractivity contribution in [3.8, 4) is 0 Å². The van der Waals surface area contributed by atoms with Crippen molar-refractivity contribution >= 4 is 17.6 Å². The summed E-state index contributed by atoms with van der Waals surface area (Å²) in [5.74, 6) is -9.54. The average Bonchev–Trinajstić information content (AvgIpc) is 2.38. The van der Waals surface area contributed by atoms with Crippen molar-refractivity contribution in [3.63, 3.8) is 0 Å². The Morgan fingerprint density at radius 1 is 1.05 bits per heavy atom. The van der Waals surface area contributed by atoms with Gasteiger partial charge in [0.15, 0.2) is 0 Å². The molecule has 0 saturated carbocycles. The summed E-state index contributed by atoms with van der Waals surface area (Å²) in [5, 5.41) is 8.51. The fourth-order valence-corrected chi connectivity index (χ4v) is 1.45. The van der Waals surface area contributed by atoms with Crippen LogP contribution in [0.25, 0.3) is 0 Å². The minimum Gasteiger partial charge on any atom is -0.481 e. The SMILES string of the molecule is O=C(O)CCN(C(=O)C(F)(F)C(F)(F)F)c1ccccc1. The second kappa shape index (κ2) is 6.06. The summed E-state index contributed by atoms with van der Waals surface area (Å²) in [7, 11) is 0. The highest BCUT2D eigenvalue weighted by atomic mass is 19.4. The molecule has 1 aromatic rings. The van der Waals surface area contributed by atoms with Crippen molar-refractivity contribution in [3.05, 3.63) is 30.3 Å². The first-order chi connectivity index (χ1) is 9.57. The maximum atomic E-state index is 13.1. The lowest BCUT2D eigenvalue weighted by molar-refractivity contribution is -0.268. The number of amides is 1. The zero-order chi connectivity index (χ0) is 16.3.